The summed E-state index contributed by atoms with van der Waals surface area (Å²) in [6.07, 6.45) is 1.93. The van der Waals surface area contributed by atoms with Gasteiger partial charge in [0.2, 0.25) is 0 Å². The van der Waals surface area contributed by atoms with Crippen LogP contribution in [0.15, 0.2) is 42.5 Å². The van der Waals surface area contributed by atoms with Crippen molar-refractivity contribution in [2.24, 2.45) is 0 Å². The van der Waals surface area contributed by atoms with Gasteiger partial charge >= 0.3 is 0 Å². The van der Waals surface area contributed by atoms with Gasteiger partial charge in [0, 0.05) is 24.5 Å². The van der Waals surface area contributed by atoms with E-state index in [-0.39, 0.29) is 29.5 Å². The number of amides is 2. The van der Waals surface area contributed by atoms with E-state index in [9.17, 15) is 19.7 Å². The van der Waals surface area contributed by atoms with Crippen molar-refractivity contribution in [3.05, 3.63) is 69.3 Å². The molecular weight excluding hydrogens is 374 g/mol. The van der Waals surface area contributed by atoms with Crippen molar-refractivity contribution in [3.63, 3.8) is 0 Å². The van der Waals surface area contributed by atoms with Gasteiger partial charge in [0.25, 0.3) is 17.5 Å². The normalized spacial score (nSPS) is 20.8. The topological polar surface area (TPSA) is 94.2 Å². The zero-order chi connectivity index (χ0) is 20.5. The van der Waals surface area contributed by atoms with Crippen LogP contribution in [0.1, 0.15) is 52.1 Å². The minimum absolute atomic E-state index is 0.0984. The molecule has 2 aliphatic heterocycles. The number of carbonyl (C=O) groups is 2. The van der Waals surface area contributed by atoms with E-state index in [2.05, 4.69) is 0 Å². The Morgan fingerprint density at radius 2 is 1.93 bits per heavy atom. The second-order valence-corrected chi connectivity index (χ2v) is 7.26. The predicted octanol–water partition coefficient (Wildman–Crippen LogP) is 1.97. The third-order valence-corrected chi connectivity index (χ3v) is 5.61. The lowest BCUT2D eigenvalue weighted by molar-refractivity contribution is -0.925. The highest BCUT2D eigenvalue weighted by molar-refractivity contribution is 6.23. The second-order valence-electron chi connectivity index (χ2n) is 7.26. The van der Waals surface area contributed by atoms with Crippen molar-refractivity contribution in [2.45, 2.75) is 25.8 Å². The Labute approximate surface area is 167 Å². The number of ether oxygens (including phenoxy) is 1. The summed E-state index contributed by atoms with van der Waals surface area (Å²) < 4.78 is 5.49. The van der Waals surface area contributed by atoms with Crippen LogP contribution < -0.4 is 9.64 Å². The van der Waals surface area contributed by atoms with Crippen LogP contribution in [-0.4, -0.2) is 41.5 Å². The summed E-state index contributed by atoms with van der Waals surface area (Å²) in [6.45, 7) is 3.56. The first kappa shape index (κ1) is 19.1. The van der Waals surface area contributed by atoms with Crippen LogP contribution >= 0.6 is 0 Å². The summed E-state index contributed by atoms with van der Waals surface area (Å²) in [6, 6.07) is 12.2. The first-order chi connectivity index (χ1) is 14.0. The van der Waals surface area contributed by atoms with Crippen LogP contribution in [0.2, 0.25) is 0 Å². The number of nitro groups is 1. The lowest BCUT2D eigenvalue weighted by atomic mass is 10.0. The number of carbonyl (C=O) groups excluding carboxylic acids is 2. The number of fused-ring (bicyclic) bond motifs is 1. The van der Waals surface area contributed by atoms with Crippen LogP contribution in [0.5, 0.6) is 5.75 Å². The fourth-order valence-electron chi connectivity index (χ4n) is 4.28. The molecule has 0 aromatic heterocycles. The van der Waals surface area contributed by atoms with E-state index in [0.717, 1.165) is 40.5 Å². The summed E-state index contributed by atoms with van der Waals surface area (Å²) in [5.41, 5.74) is 0.825. The third-order valence-electron chi connectivity index (χ3n) is 5.61. The Hall–Kier alpha value is -3.26. The van der Waals surface area contributed by atoms with E-state index < -0.39 is 16.7 Å². The molecular formula is C21H22N3O5+. The Morgan fingerprint density at radius 1 is 1.17 bits per heavy atom. The molecule has 0 radical (unpaired) electrons. The molecule has 1 saturated heterocycles. The molecule has 8 heteroatoms. The Bertz CT molecular complexity index is 973. The molecule has 0 bridgehead atoms. The van der Waals surface area contributed by atoms with E-state index in [1.54, 1.807) is 0 Å². The number of quaternary nitrogens is 1. The molecule has 1 N–H and O–H groups in total. The van der Waals surface area contributed by atoms with E-state index in [4.69, 9.17) is 4.74 Å². The Morgan fingerprint density at radius 3 is 2.62 bits per heavy atom. The van der Waals surface area contributed by atoms with E-state index in [1.165, 1.54) is 18.2 Å². The molecule has 2 amide bonds. The van der Waals surface area contributed by atoms with Crippen molar-refractivity contribution in [1.82, 2.24) is 4.90 Å². The van der Waals surface area contributed by atoms with Crippen molar-refractivity contribution >= 4 is 17.5 Å². The number of benzene rings is 2. The highest BCUT2D eigenvalue weighted by atomic mass is 16.6. The second kappa shape index (κ2) is 7.63. The number of nitrogens with zero attached hydrogens (tertiary/aromatic N) is 2. The Kier molecular flexibility index (Phi) is 5.02. The summed E-state index contributed by atoms with van der Waals surface area (Å²) in [4.78, 5) is 38.6. The Balaban J connectivity index is 1.55. The van der Waals surface area contributed by atoms with Crippen LogP contribution in [0.3, 0.4) is 0 Å². The van der Waals surface area contributed by atoms with Gasteiger partial charge in [-0.25, -0.2) is 4.90 Å². The van der Waals surface area contributed by atoms with Crippen LogP contribution in [0.25, 0.3) is 0 Å². The number of nitrogens with one attached hydrogen (secondary N) is 1. The van der Waals surface area contributed by atoms with Gasteiger partial charge in [0.15, 0.2) is 6.67 Å². The van der Waals surface area contributed by atoms with Crippen molar-refractivity contribution < 1.29 is 24.1 Å². The lowest BCUT2D eigenvalue weighted by Crippen LogP contribution is -3.12. The molecule has 4 rings (SSSR count). The SMILES string of the molecule is CCOc1ccc([C@H]2CCC[NH+]2CN2C(=O)c3cccc([N+](=O)[O-])c3C2=O)cc1. The van der Waals surface area contributed by atoms with Gasteiger partial charge in [0.05, 0.1) is 23.6 Å². The smallest absolute Gasteiger partial charge is 0.282 e. The molecule has 0 spiro atoms. The number of rotatable bonds is 6. The summed E-state index contributed by atoms with van der Waals surface area (Å²) in [5.74, 6) is -0.232. The fraction of sp³-hybridized carbons (Fsp3) is 0.333. The zero-order valence-electron chi connectivity index (χ0n) is 16.1. The van der Waals surface area contributed by atoms with E-state index in [1.807, 2.05) is 31.2 Å². The van der Waals surface area contributed by atoms with E-state index >= 15 is 0 Å². The number of imide groups is 1. The molecule has 2 heterocycles. The quantitative estimate of drug-likeness (QED) is 0.458. The molecule has 0 saturated carbocycles. The van der Waals surface area contributed by atoms with Gasteiger partial charge in [-0.15, -0.1) is 0 Å². The van der Waals surface area contributed by atoms with Crippen LogP contribution in [0.4, 0.5) is 5.69 Å². The third kappa shape index (κ3) is 3.36. The van der Waals surface area contributed by atoms with Crippen LogP contribution in [0, 0.1) is 10.1 Å². The molecule has 29 heavy (non-hydrogen) atoms. The number of nitro benzene ring substituents is 1. The summed E-state index contributed by atoms with van der Waals surface area (Å²) in [5, 5.41) is 11.3. The largest absolute Gasteiger partial charge is 0.494 e. The maximum absolute atomic E-state index is 12.9. The van der Waals surface area contributed by atoms with Crippen LogP contribution in [-0.2, 0) is 0 Å². The minimum Gasteiger partial charge on any atom is -0.494 e. The van der Waals surface area contributed by atoms with Gasteiger partial charge in [-0.2, -0.15) is 0 Å². The summed E-state index contributed by atoms with van der Waals surface area (Å²) in [7, 11) is 0. The number of hydrogen-bond donors (Lipinski definition) is 1. The molecule has 0 aliphatic carbocycles. The molecule has 150 valence electrons. The monoisotopic (exact) mass is 396 g/mol. The predicted molar refractivity (Wildman–Crippen MR) is 104 cm³/mol. The lowest BCUT2D eigenvalue weighted by Gasteiger charge is -2.25. The van der Waals surface area contributed by atoms with Gasteiger partial charge in [-0.05, 0) is 37.3 Å². The number of likely N-dealkylation sites (tertiary alicyclic amines) is 1. The van der Waals surface area contributed by atoms with Crippen molar-refractivity contribution in [3.8, 4) is 5.75 Å². The van der Waals surface area contributed by atoms with Gasteiger partial charge < -0.3 is 9.64 Å². The highest BCUT2D eigenvalue weighted by Gasteiger charge is 2.44. The average Bonchev–Trinajstić information content (AvgIpc) is 3.28. The zero-order valence-corrected chi connectivity index (χ0v) is 16.1. The molecule has 1 fully saturated rings. The molecule has 2 aromatic carbocycles. The average molecular weight is 396 g/mol. The highest BCUT2D eigenvalue weighted by Crippen LogP contribution is 2.30. The standard InChI is InChI=1S/C21H21N3O5/c1-2-29-15-10-8-14(9-11-15)17-7-4-12-22(17)13-23-20(25)16-5-3-6-18(24(27)28)19(16)21(23)26/h3,5-6,8-11,17H,2,4,7,12-13H2,1H3/p+1/t17-/m1/s1. The first-order valence-electron chi connectivity index (χ1n) is 9.72. The molecule has 2 aromatic rings. The fourth-order valence-corrected chi connectivity index (χ4v) is 4.28. The maximum atomic E-state index is 12.9. The van der Waals surface area contributed by atoms with E-state index in [0.29, 0.717) is 6.61 Å². The summed E-state index contributed by atoms with van der Waals surface area (Å²) >= 11 is 0. The van der Waals surface area contributed by atoms with Gasteiger partial charge in [-0.1, -0.05) is 6.07 Å². The first-order valence-corrected chi connectivity index (χ1v) is 9.72. The van der Waals surface area contributed by atoms with Crippen molar-refractivity contribution in [2.75, 3.05) is 19.8 Å². The molecule has 1 unspecified atom stereocenters. The maximum Gasteiger partial charge on any atom is 0.282 e. The molecule has 2 atom stereocenters. The van der Waals surface area contributed by atoms with Crippen molar-refractivity contribution in [1.29, 1.82) is 0 Å². The van der Waals surface area contributed by atoms with Gasteiger partial charge in [-0.3, -0.25) is 19.7 Å². The molecule has 2 aliphatic rings. The minimum atomic E-state index is -0.612. The van der Waals surface area contributed by atoms with Gasteiger partial charge in [0.1, 0.15) is 17.4 Å². The molecule has 8 nitrogen and oxygen atoms in total. The number of hydrogen-bond acceptors (Lipinski definition) is 5.